The molecule has 2 rings (SSSR count). The van der Waals surface area contributed by atoms with Gasteiger partial charge in [-0.05, 0) is 30.5 Å². The predicted molar refractivity (Wildman–Crippen MR) is 119 cm³/mol. The van der Waals surface area contributed by atoms with Gasteiger partial charge in [0.15, 0.2) is 5.75 Å². The van der Waals surface area contributed by atoms with E-state index in [2.05, 4.69) is 25.2 Å². The van der Waals surface area contributed by atoms with Gasteiger partial charge < -0.3 is 9.84 Å². The molecule has 10 nitrogen and oxygen atoms in total. The number of halogens is 2. The lowest BCUT2D eigenvalue weighted by atomic mass is 10.1. The summed E-state index contributed by atoms with van der Waals surface area (Å²) < 4.78 is 4.58. The van der Waals surface area contributed by atoms with E-state index < -0.39 is 17.7 Å². The van der Waals surface area contributed by atoms with Gasteiger partial charge in [-0.3, -0.25) is 15.5 Å². The average molecular weight is 479 g/mol. The summed E-state index contributed by atoms with van der Waals surface area (Å²) in [5.41, 5.74) is 3.26. The second kappa shape index (κ2) is 11.3. The highest BCUT2D eigenvalue weighted by atomic mass is 35.5. The number of nitriles is 1. The third-order valence-corrected chi connectivity index (χ3v) is 4.65. The van der Waals surface area contributed by atoms with Crippen molar-refractivity contribution in [2.24, 2.45) is 5.10 Å². The Morgan fingerprint density at radius 3 is 2.53 bits per heavy atom. The molecule has 0 saturated heterocycles. The van der Waals surface area contributed by atoms with Crippen molar-refractivity contribution in [2.75, 3.05) is 12.0 Å². The van der Waals surface area contributed by atoms with Gasteiger partial charge in [0.1, 0.15) is 11.9 Å². The zero-order valence-corrected chi connectivity index (χ0v) is 19.0. The van der Waals surface area contributed by atoms with Crippen LogP contribution in [-0.2, 0) is 16.0 Å². The summed E-state index contributed by atoms with van der Waals surface area (Å²) in [6.45, 7) is 5.43. The summed E-state index contributed by atoms with van der Waals surface area (Å²) in [4.78, 5) is 31.7. The van der Waals surface area contributed by atoms with E-state index in [1.165, 1.54) is 18.3 Å². The number of aromatic hydroxyl groups is 1. The lowest BCUT2D eigenvalue weighted by molar-refractivity contribution is -0.114. The van der Waals surface area contributed by atoms with E-state index in [4.69, 9.17) is 28.5 Å². The van der Waals surface area contributed by atoms with Crippen molar-refractivity contribution in [1.29, 1.82) is 5.26 Å². The fourth-order valence-electron chi connectivity index (χ4n) is 2.50. The molecular formula is C20H20Cl2N6O4. The molecule has 0 saturated carbocycles. The van der Waals surface area contributed by atoms with E-state index in [9.17, 15) is 14.7 Å². The van der Waals surface area contributed by atoms with Gasteiger partial charge in [-0.15, -0.1) is 0 Å². The first-order valence-corrected chi connectivity index (χ1v) is 10.2. The number of anilines is 1. The Hall–Kier alpha value is -3.42. The zero-order valence-electron chi connectivity index (χ0n) is 17.4. The van der Waals surface area contributed by atoms with Crippen molar-refractivity contribution < 1.29 is 19.4 Å². The smallest absolute Gasteiger partial charge is 0.414 e. The molecule has 2 amide bonds. The number of rotatable bonds is 7. The maximum Gasteiger partial charge on any atom is 0.414 e. The Bertz CT molecular complexity index is 1070. The minimum atomic E-state index is -1.03. The molecule has 32 heavy (non-hydrogen) atoms. The van der Waals surface area contributed by atoms with Crippen LogP contribution in [0.15, 0.2) is 23.4 Å². The number of ether oxygens (including phenoxy) is 1. The molecular weight excluding hydrogens is 459 g/mol. The molecule has 0 atom stereocenters. The fourth-order valence-corrected chi connectivity index (χ4v) is 3.12. The number of carbonyl (C=O) groups excluding carboxylic acids is 2. The largest absolute Gasteiger partial charge is 0.504 e. The van der Waals surface area contributed by atoms with Crippen LogP contribution in [-0.4, -0.2) is 39.4 Å². The molecule has 168 valence electrons. The zero-order chi connectivity index (χ0) is 23.8. The van der Waals surface area contributed by atoms with Crippen LogP contribution >= 0.6 is 23.2 Å². The Balaban J connectivity index is 2.19. The van der Waals surface area contributed by atoms with Crippen molar-refractivity contribution >= 4 is 46.6 Å². The van der Waals surface area contributed by atoms with Gasteiger partial charge in [0.25, 0.3) is 5.91 Å². The van der Waals surface area contributed by atoms with E-state index in [1.54, 1.807) is 13.0 Å². The molecule has 0 radical (unpaired) electrons. The van der Waals surface area contributed by atoms with Crippen LogP contribution in [0, 0.1) is 11.3 Å². The average Bonchev–Trinajstić information content (AvgIpc) is 2.72. The van der Waals surface area contributed by atoms with Gasteiger partial charge in [0.2, 0.25) is 5.71 Å². The van der Waals surface area contributed by atoms with Crippen LogP contribution < -0.4 is 10.7 Å². The van der Waals surface area contributed by atoms with E-state index in [0.717, 1.165) is 0 Å². The predicted octanol–water partition coefficient (Wildman–Crippen LogP) is 3.77. The lowest BCUT2D eigenvalue weighted by Crippen LogP contribution is -2.36. The molecule has 1 heterocycles. The molecule has 0 bridgehead atoms. The minimum Gasteiger partial charge on any atom is -0.504 e. The molecule has 1 aromatic heterocycles. The topological polar surface area (TPSA) is 150 Å². The quantitative estimate of drug-likeness (QED) is 0.401. The van der Waals surface area contributed by atoms with Crippen molar-refractivity contribution in [1.82, 2.24) is 15.3 Å². The number of hydrogen-bond donors (Lipinski definition) is 3. The third kappa shape index (κ3) is 6.54. The Morgan fingerprint density at radius 2 is 1.97 bits per heavy atom. The number of amides is 2. The molecule has 0 unspecified atom stereocenters. The summed E-state index contributed by atoms with van der Waals surface area (Å²) in [6.07, 6.45) is 0.551. The van der Waals surface area contributed by atoms with Crippen LogP contribution in [0.1, 0.15) is 43.8 Å². The number of hydrazone groups is 1. The van der Waals surface area contributed by atoms with Gasteiger partial charge in [0.05, 0.1) is 24.2 Å². The number of benzene rings is 1. The van der Waals surface area contributed by atoms with Crippen molar-refractivity contribution in [3.63, 3.8) is 0 Å². The first kappa shape index (κ1) is 24.8. The Kier molecular flexibility index (Phi) is 8.75. The van der Waals surface area contributed by atoms with Crippen molar-refractivity contribution in [2.45, 2.75) is 33.1 Å². The molecule has 12 heteroatoms. The molecule has 0 spiro atoms. The van der Waals surface area contributed by atoms with Gasteiger partial charge in [0, 0.05) is 16.5 Å². The van der Waals surface area contributed by atoms with Crippen LogP contribution in [0.2, 0.25) is 10.0 Å². The van der Waals surface area contributed by atoms with Crippen LogP contribution in [0.3, 0.4) is 0 Å². The monoisotopic (exact) mass is 478 g/mol. The molecule has 1 aromatic carbocycles. The van der Waals surface area contributed by atoms with Gasteiger partial charge in [-0.2, -0.15) is 10.4 Å². The first-order chi connectivity index (χ1) is 15.2. The fraction of sp³-hybridized carbons (Fsp3) is 0.300. The van der Waals surface area contributed by atoms with Gasteiger partial charge in [-0.1, -0.05) is 37.0 Å². The van der Waals surface area contributed by atoms with Crippen LogP contribution in [0.5, 0.6) is 5.75 Å². The normalized spacial score (nSPS) is 11.1. The number of alkyl carbamates (subject to hydrolysis) is 1. The highest BCUT2D eigenvalue weighted by Gasteiger charge is 2.17. The highest BCUT2D eigenvalue weighted by Crippen LogP contribution is 2.31. The second-order valence-electron chi connectivity index (χ2n) is 6.67. The molecule has 0 aliphatic rings. The van der Waals surface area contributed by atoms with Crippen LogP contribution in [0.4, 0.5) is 10.5 Å². The molecule has 3 N–H and O–H groups in total. The summed E-state index contributed by atoms with van der Waals surface area (Å²) in [6, 6.07) is 4.57. The van der Waals surface area contributed by atoms with Crippen LogP contribution in [0.25, 0.3) is 0 Å². The second-order valence-corrected chi connectivity index (χ2v) is 7.48. The van der Waals surface area contributed by atoms with E-state index in [0.29, 0.717) is 22.8 Å². The van der Waals surface area contributed by atoms with Gasteiger partial charge >= 0.3 is 6.09 Å². The van der Waals surface area contributed by atoms with Gasteiger partial charge in [-0.25, -0.2) is 14.8 Å². The lowest BCUT2D eigenvalue weighted by Gasteiger charge is -2.12. The number of aromatic nitrogens is 2. The van der Waals surface area contributed by atoms with E-state index in [-0.39, 0.29) is 34.7 Å². The summed E-state index contributed by atoms with van der Waals surface area (Å²) in [7, 11) is 0. The van der Waals surface area contributed by atoms with E-state index >= 15 is 0 Å². The Morgan fingerprint density at radius 1 is 1.31 bits per heavy atom. The highest BCUT2D eigenvalue weighted by molar-refractivity contribution is 6.47. The minimum absolute atomic E-state index is 0.00231. The summed E-state index contributed by atoms with van der Waals surface area (Å²) in [5.74, 6) is -0.588. The SMILES string of the molecule is CCOC(=O)NC(=O)/C(C#N)=N/Nc1cc(Cl)c(Cc2ncc(O)c(C(C)C)n2)c(Cl)c1. The molecule has 2 aromatic rings. The summed E-state index contributed by atoms with van der Waals surface area (Å²) >= 11 is 12.7. The number of carbonyl (C=O) groups is 2. The number of hydrogen-bond acceptors (Lipinski definition) is 9. The maximum absolute atomic E-state index is 11.9. The maximum atomic E-state index is 11.9. The summed E-state index contributed by atoms with van der Waals surface area (Å²) in [5, 5.41) is 25.1. The first-order valence-electron chi connectivity index (χ1n) is 9.40. The molecule has 0 aliphatic carbocycles. The molecule has 0 aliphatic heterocycles. The standard InChI is InChI=1S/C20H20Cl2N6O4/c1-4-32-20(31)26-19(30)15(8-23)28-27-11-5-13(21)12(14(22)6-11)7-17-24-9-16(29)18(25-17)10(2)3/h5-6,9-10,27,29H,4,7H2,1-3H3,(H,26,30,31)/b28-15+. The van der Waals surface area contributed by atoms with E-state index in [1.807, 2.05) is 19.2 Å². The Labute approximate surface area is 194 Å². The van der Waals surface area contributed by atoms with Crippen molar-refractivity contribution in [3.8, 4) is 11.8 Å². The number of imide groups is 1. The van der Waals surface area contributed by atoms with Crippen molar-refractivity contribution in [3.05, 3.63) is 45.5 Å². The molecule has 0 fully saturated rings. The third-order valence-electron chi connectivity index (χ3n) is 3.98. The number of nitrogens with one attached hydrogen (secondary N) is 2. The number of nitrogens with zero attached hydrogens (tertiary/aromatic N) is 4.